The lowest BCUT2D eigenvalue weighted by atomic mass is 10.1. The van der Waals surface area contributed by atoms with E-state index in [1.807, 2.05) is 12.1 Å². The van der Waals surface area contributed by atoms with E-state index in [4.69, 9.17) is 10.2 Å². The Balaban J connectivity index is 1.60. The Bertz CT molecular complexity index is 530. The number of nitrogens with two attached hydrogens (primary N) is 1. The lowest BCUT2D eigenvalue weighted by Crippen LogP contribution is -2.46. The van der Waals surface area contributed by atoms with Gasteiger partial charge in [0.05, 0.1) is 12.8 Å². The molecule has 106 valence electrons. The van der Waals surface area contributed by atoms with Crippen molar-refractivity contribution in [3.05, 3.63) is 54.0 Å². The van der Waals surface area contributed by atoms with Crippen molar-refractivity contribution in [2.45, 2.75) is 13.1 Å². The number of hydrogen-bond acceptors (Lipinski definition) is 4. The van der Waals surface area contributed by atoms with Gasteiger partial charge in [-0.2, -0.15) is 0 Å². The molecule has 0 unspecified atom stereocenters. The van der Waals surface area contributed by atoms with Crippen molar-refractivity contribution < 1.29 is 4.42 Å². The summed E-state index contributed by atoms with van der Waals surface area (Å²) in [5.41, 5.74) is 8.34. The van der Waals surface area contributed by atoms with Crippen LogP contribution in [0.3, 0.4) is 0 Å². The second-order valence-electron chi connectivity index (χ2n) is 5.18. The summed E-state index contributed by atoms with van der Waals surface area (Å²) in [6, 6.07) is 12.4. The fourth-order valence-corrected chi connectivity index (χ4v) is 2.76. The van der Waals surface area contributed by atoms with Gasteiger partial charge in [-0.25, -0.2) is 0 Å². The molecule has 0 radical (unpaired) electrons. The number of benzene rings is 1. The van der Waals surface area contributed by atoms with E-state index in [9.17, 15) is 0 Å². The summed E-state index contributed by atoms with van der Waals surface area (Å²) in [6.07, 6.45) is 1.74. The zero-order valence-corrected chi connectivity index (χ0v) is 11.7. The van der Waals surface area contributed by atoms with E-state index in [0.717, 1.165) is 38.5 Å². The predicted octanol–water partition coefficient (Wildman–Crippen LogP) is 2.06. The van der Waals surface area contributed by atoms with Crippen LogP contribution < -0.4 is 10.6 Å². The fraction of sp³-hybridized carbons (Fsp3) is 0.375. The molecule has 1 aromatic carbocycles. The summed E-state index contributed by atoms with van der Waals surface area (Å²) >= 11 is 0. The Labute approximate surface area is 119 Å². The van der Waals surface area contributed by atoms with Crippen LogP contribution in [0.15, 0.2) is 47.1 Å². The highest BCUT2D eigenvalue weighted by Gasteiger charge is 2.19. The van der Waals surface area contributed by atoms with E-state index < -0.39 is 0 Å². The third-order valence-corrected chi connectivity index (χ3v) is 3.88. The highest BCUT2D eigenvalue weighted by molar-refractivity contribution is 5.53. The standard InChI is InChI=1S/C16H21N3O/c17-12-14-4-1-2-6-16(14)19-9-7-18(8-10-19)13-15-5-3-11-20-15/h1-6,11H,7-10,12-13,17H2. The molecular formula is C16H21N3O. The Morgan fingerprint density at radius 1 is 1.00 bits per heavy atom. The normalized spacial score (nSPS) is 16.6. The maximum atomic E-state index is 5.83. The number of para-hydroxylation sites is 1. The van der Waals surface area contributed by atoms with Gasteiger partial charge in [0.25, 0.3) is 0 Å². The molecule has 1 fully saturated rings. The minimum absolute atomic E-state index is 0.600. The van der Waals surface area contributed by atoms with Crippen LogP contribution in [0.4, 0.5) is 5.69 Å². The molecule has 1 aliphatic heterocycles. The van der Waals surface area contributed by atoms with Gasteiger partial charge in [0.15, 0.2) is 0 Å². The topological polar surface area (TPSA) is 45.6 Å². The van der Waals surface area contributed by atoms with Crippen molar-refractivity contribution >= 4 is 5.69 Å². The highest BCUT2D eigenvalue weighted by atomic mass is 16.3. The van der Waals surface area contributed by atoms with Gasteiger partial charge in [-0.05, 0) is 23.8 Å². The van der Waals surface area contributed by atoms with E-state index in [2.05, 4.69) is 34.1 Å². The lowest BCUT2D eigenvalue weighted by Gasteiger charge is -2.36. The van der Waals surface area contributed by atoms with Gasteiger partial charge in [-0.15, -0.1) is 0 Å². The van der Waals surface area contributed by atoms with Crippen LogP contribution in [-0.4, -0.2) is 31.1 Å². The maximum absolute atomic E-state index is 5.83. The second kappa shape index (κ2) is 6.11. The van der Waals surface area contributed by atoms with E-state index in [-0.39, 0.29) is 0 Å². The van der Waals surface area contributed by atoms with Crippen LogP contribution in [0.5, 0.6) is 0 Å². The third kappa shape index (κ3) is 2.86. The molecule has 0 amide bonds. The molecule has 0 saturated carbocycles. The molecule has 1 aromatic heterocycles. The molecule has 20 heavy (non-hydrogen) atoms. The minimum Gasteiger partial charge on any atom is -0.468 e. The van der Waals surface area contributed by atoms with Crippen molar-refractivity contribution in [1.29, 1.82) is 0 Å². The van der Waals surface area contributed by atoms with Crippen LogP contribution in [0.25, 0.3) is 0 Å². The summed E-state index contributed by atoms with van der Waals surface area (Å²) in [4.78, 5) is 4.86. The highest BCUT2D eigenvalue weighted by Crippen LogP contribution is 2.21. The SMILES string of the molecule is NCc1ccccc1N1CCN(Cc2ccco2)CC1. The van der Waals surface area contributed by atoms with Crippen LogP contribution in [0, 0.1) is 0 Å². The van der Waals surface area contributed by atoms with Crippen molar-refractivity contribution in [2.24, 2.45) is 5.73 Å². The molecule has 1 saturated heterocycles. The van der Waals surface area contributed by atoms with Crippen LogP contribution >= 0.6 is 0 Å². The summed E-state index contributed by atoms with van der Waals surface area (Å²) in [5.74, 6) is 1.04. The summed E-state index contributed by atoms with van der Waals surface area (Å²) in [6.45, 7) is 5.69. The van der Waals surface area contributed by atoms with Gasteiger partial charge in [0.2, 0.25) is 0 Å². The Morgan fingerprint density at radius 2 is 1.80 bits per heavy atom. The Morgan fingerprint density at radius 3 is 2.50 bits per heavy atom. The lowest BCUT2D eigenvalue weighted by molar-refractivity contribution is 0.230. The monoisotopic (exact) mass is 271 g/mol. The van der Waals surface area contributed by atoms with Gasteiger partial charge in [-0.1, -0.05) is 18.2 Å². The van der Waals surface area contributed by atoms with Crippen molar-refractivity contribution in [1.82, 2.24) is 4.90 Å². The van der Waals surface area contributed by atoms with Crippen LogP contribution in [0.2, 0.25) is 0 Å². The first-order valence-electron chi connectivity index (χ1n) is 7.14. The second-order valence-corrected chi connectivity index (χ2v) is 5.18. The van der Waals surface area contributed by atoms with Gasteiger partial charge in [-0.3, -0.25) is 4.90 Å². The number of furan rings is 1. The Kier molecular flexibility index (Phi) is 4.04. The number of hydrogen-bond donors (Lipinski definition) is 1. The average Bonchev–Trinajstić information content (AvgIpc) is 3.01. The summed E-state index contributed by atoms with van der Waals surface area (Å²) in [5, 5.41) is 0. The van der Waals surface area contributed by atoms with Crippen molar-refractivity contribution in [3.8, 4) is 0 Å². The van der Waals surface area contributed by atoms with Crippen LogP contribution in [-0.2, 0) is 13.1 Å². The molecule has 4 nitrogen and oxygen atoms in total. The first-order valence-corrected chi connectivity index (χ1v) is 7.14. The predicted molar refractivity (Wildman–Crippen MR) is 80.5 cm³/mol. The maximum Gasteiger partial charge on any atom is 0.117 e. The summed E-state index contributed by atoms with van der Waals surface area (Å²) < 4.78 is 5.41. The molecule has 3 rings (SSSR count). The largest absolute Gasteiger partial charge is 0.468 e. The van der Waals surface area contributed by atoms with E-state index in [0.29, 0.717) is 6.54 Å². The molecule has 2 N–H and O–H groups in total. The van der Waals surface area contributed by atoms with E-state index in [1.54, 1.807) is 6.26 Å². The molecule has 2 aromatic rings. The molecule has 0 spiro atoms. The molecular weight excluding hydrogens is 250 g/mol. The number of anilines is 1. The fourth-order valence-electron chi connectivity index (χ4n) is 2.76. The molecule has 4 heteroatoms. The smallest absolute Gasteiger partial charge is 0.117 e. The molecule has 0 aliphatic carbocycles. The number of piperazine rings is 1. The third-order valence-electron chi connectivity index (χ3n) is 3.88. The van der Waals surface area contributed by atoms with Gasteiger partial charge in [0, 0.05) is 38.4 Å². The van der Waals surface area contributed by atoms with Gasteiger partial charge >= 0.3 is 0 Å². The average molecular weight is 271 g/mol. The van der Waals surface area contributed by atoms with Crippen LogP contribution in [0.1, 0.15) is 11.3 Å². The molecule has 0 bridgehead atoms. The zero-order chi connectivity index (χ0) is 13.8. The molecule has 1 aliphatic rings. The number of nitrogens with zero attached hydrogens (tertiary/aromatic N) is 2. The Hall–Kier alpha value is -1.78. The van der Waals surface area contributed by atoms with Gasteiger partial charge in [0.1, 0.15) is 5.76 Å². The molecule has 0 atom stereocenters. The first kappa shape index (κ1) is 13.2. The zero-order valence-electron chi connectivity index (χ0n) is 11.7. The van der Waals surface area contributed by atoms with Crippen molar-refractivity contribution in [3.63, 3.8) is 0 Å². The van der Waals surface area contributed by atoms with E-state index in [1.165, 1.54) is 11.3 Å². The quantitative estimate of drug-likeness (QED) is 0.924. The van der Waals surface area contributed by atoms with E-state index >= 15 is 0 Å². The first-order chi connectivity index (χ1) is 9.86. The van der Waals surface area contributed by atoms with Crippen molar-refractivity contribution in [2.75, 3.05) is 31.1 Å². The summed E-state index contributed by atoms with van der Waals surface area (Å²) in [7, 11) is 0. The van der Waals surface area contributed by atoms with Gasteiger partial charge < -0.3 is 15.1 Å². The number of rotatable bonds is 4. The molecule has 2 heterocycles. The minimum atomic E-state index is 0.600.